The van der Waals surface area contributed by atoms with Gasteiger partial charge in [0, 0.05) is 0 Å². The second-order valence-corrected chi connectivity index (χ2v) is 5.38. The maximum atomic E-state index is 2.51. The van der Waals surface area contributed by atoms with Crippen molar-refractivity contribution in [1.82, 2.24) is 0 Å². The standard InChI is InChI=1S/C16H30/c1-2-3-4-5-6-7-8-10-13-16-14-11-9-12-15-16/h10,13,16H,2-9,11-12,14-15H2,1H3/b13-10+. The van der Waals surface area contributed by atoms with Crippen LogP contribution in [0, 0.1) is 5.92 Å². The van der Waals surface area contributed by atoms with Gasteiger partial charge in [-0.25, -0.2) is 0 Å². The summed E-state index contributed by atoms with van der Waals surface area (Å²) in [4.78, 5) is 0. The Bertz CT molecular complexity index is 163. The van der Waals surface area contributed by atoms with Gasteiger partial charge < -0.3 is 0 Å². The van der Waals surface area contributed by atoms with Crippen molar-refractivity contribution in [3.63, 3.8) is 0 Å². The second-order valence-electron chi connectivity index (χ2n) is 5.38. The fourth-order valence-corrected chi connectivity index (χ4v) is 2.66. The Balaban J connectivity index is 1.87. The van der Waals surface area contributed by atoms with E-state index in [0.29, 0.717) is 0 Å². The Labute approximate surface area is 103 Å². The van der Waals surface area contributed by atoms with Gasteiger partial charge in [0.05, 0.1) is 0 Å². The van der Waals surface area contributed by atoms with Crippen LogP contribution in [0.4, 0.5) is 0 Å². The zero-order valence-electron chi connectivity index (χ0n) is 11.2. The molecular formula is C16H30. The van der Waals surface area contributed by atoms with Crippen LogP contribution in [-0.2, 0) is 0 Å². The molecule has 0 heteroatoms. The quantitative estimate of drug-likeness (QED) is 0.356. The number of hydrogen-bond acceptors (Lipinski definition) is 0. The van der Waals surface area contributed by atoms with Crippen molar-refractivity contribution >= 4 is 0 Å². The predicted octanol–water partition coefficient (Wildman–Crippen LogP) is 5.87. The average molecular weight is 222 g/mol. The minimum atomic E-state index is 0.925. The molecule has 0 aromatic carbocycles. The number of hydrogen-bond donors (Lipinski definition) is 0. The van der Waals surface area contributed by atoms with E-state index < -0.39 is 0 Å². The summed E-state index contributed by atoms with van der Waals surface area (Å²) in [5, 5.41) is 0. The normalized spacial score (nSPS) is 18.3. The van der Waals surface area contributed by atoms with Crippen LogP contribution in [0.15, 0.2) is 12.2 Å². The topological polar surface area (TPSA) is 0 Å². The van der Waals surface area contributed by atoms with Gasteiger partial charge in [-0.3, -0.25) is 0 Å². The van der Waals surface area contributed by atoms with Crippen molar-refractivity contribution in [2.45, 2.75) is 84.0 Å². The molecule has 94 valence electrons. The van der Waals surface area contributed by atoms with Gasteiger partial charge in [0.2, 0.25) is 0 Å². The lowest BCUT2D eigenvalue weighted by Gasteiger charge is -2.17. The van der Waals surface area contributed by atoms with Crippen molar-refractivity contribution < 1.29 is 0 Å². The van der Waals surface area contributed by atoms with Gasteiger partial charge in [0.25, 0.3) is 0 Å². The summed E-state index contributed by atoms with van der Waals surface area (Å²) >= 11 is 0. The lowest BCUT2D eigenvalue weighted by molar-refractivity contribution is 0.418. The number of unbranched alkanes of at least 4 members (excludes halogenated alkanes) is 6. The van der Waals surface area contributed by atoms with Crippen LogP contribution >= 0.6 is 0 Å². The summed E-state index contributed by atoms with van der Waals surface area (Å²) in [6.07, 6.45) is 22.1. The van der Waals surface area contributed by atoms with E-state index in [-0.39, 0.29) is 0 Å². The molecule has 0 amide bonds. The Morgan fingerprint density at radius 2 is 1.56 bits per heavy atom. The third-order valence-corrected chi connectivity index (χ3v) is 3.78. The van der Waals surface area contributed by atoms with E-state index >= 15 is 0 Å². The molecule has 16 heavy (non-hydrogen) atoms. The molecule has 0 aliphatic heterocycles. The highest BCUT2D eigenvalue weighted by Crippen LogP contribution is 2.24. The molecule has 1 aliphatic rings. The Kier molecular flexibility index (Phi) is 8.57. The summed E-state index contributed by atoms with van der Waals surface area (Å²) < 4.78 is 0. The van der Waals surface area contributed by atoms with Crippen LogP contribution < -0.4 is 0 Å². The highest BCUT2D eigenvalue weighted by molar-refractivity contribution is 4.89. The molecule has 0 saturated heterocycles. The Morgan fingerprint density at radius 3 is 2.31 bits per heavy atom. The molecule has 1 fully saturated rings. The smallest absolute Gasteiger partial charge is 0.0234 e. The molecule has 0 aromatic heterocycles. The summed E-state index contributed by atoms with van der Waals surface area (Å²) in [5.74, 6) is 0.925. The van der Waals surface area contributed by atoms with E-state index in [2.05, 4.69) is 19.1 Å². The lowest BCUT2D eigenvalue weighted by atomic mass is 9.89. The van der Waals surface area contributed by atoms with Crippen molar-refractivity contribution in [3.8, 4) is 0 Å². The van der Waals surface area contributed by atoms with Gasteiger partial charge in [0.15, 0.2) is 0 Å². The third kappa shape index (κ3) is 7.09. The minimum absolute atomic E-state index is 0.925. The Hall–Kier alpha value is -0.260. The summed E-state index contributed by atoms with van der Waals surface area (Å²) in [5.41, 5.74) is 0. The van der Waals surface area contributed by atoms with Gasteiger partial charge in [-0.1, -0.05) is 70.4 Å². The van der Waals surface area contributed by atoms with Crippen molar-refractivity contribution in [2.75, 3.05) is 0 Å². The highest BCUT2D eigenvalue weighted by Gasteiger charge is 2.08. The summed E-state index contributed by atoms with van der Waals surface area (Å²) in [7, 11) is 0. The van der Waals surface area contributed by atoms with Gasteiger partial charge in [-0.15, -0.1) is 0 Å². The van der Waals surface area contributed by atoms with E-state index in [0.717, 1.165) is 5.92 Å². The molecule has 1 rings (SSSR count). The van der Waals surface area contributed by atoms with E-state index in [1.54, 1.807) is 0 Å². The molecular weight excluding hydrogens is 192 g/mol. The SMILES string of the molecule is CCCCCCCC/C=C/C1CCCCC1. The van der Waals surface area contributed by atoms with Gasteiger partial charge in [-0.05, 0) is 31.6 Å². The average Bonchev–Trinajstić information content (AvgIpc) is 2.34. The number of rotatable bonds is 8. The van der Waals surface area contributed by atoms with Gasteiger partial charge in [0.1, 0.15) is 0 Å². The zero-order valence-corrected chi connectivity index (χ0v) is 11.2. The van der Waals surface area contributed by atoms with Crippen LogP contribution in [0.5, 0.6) is 0 Å². The minimum Gasteiger partial charge on any atom is -0.0883 e. The molecule has 0 nitrogen and oxygen atoms in total. The van der Waals surface area contributed by atoms with Crippen molar-refractivity contribution in [3.05, 3.63) is 12.2 Å². The van der Waals surface area contributed by atoms with E-state index in [4.69, 9.17) is 0 Å². The molecule has 1 aliphatic carbocycles. The summed E-state index contributed by atoms with van der Waals surface area (Å²) in [6, 6.07) is 0. The first kappa shape index (κ1) is 13.8. The first-order valence-corrected chi connectivity index (χ1v) is 7.60. The molecule has 0 aromatic rings. The second kappa shape index (κ2) is 9.93. The third-order valence-electron chi connectivity index (χ3n) is 3.78. The largest absolute Gasteiger partial charge is 0.0883 e. The molecule has 1 saturated carbocycles. The van der Waals surface area contributed by atoms with Gasteiger partial charge in [-0.2, -0.15) is 0 Å². The molecule has 0 unspecified atom stereocenters. The van der Waals surface area contributed by atoms with Gasteiger partial charge >= 0.3 is 0 Å². The molecule has 0 heterocycles. The molecule has 0 atom stereocenters. The van der Waals surface area contributed by atoms with Crippen LogP contribution in [0.2, 0.25) is 0 Å². The molecule has 0 N–H and O–H groups in total. The van der Waals surface area contributed by atoms with E-state index in [1.807, 2.05) is 0 Å². The summed E-state index contributed by atoms with van der Waals surface area (Å²) in [6.45, 7) is 2.28. The number of allylic oxidation sites excluding steroid dienone is 2. The van der Waals surface area contributed by atoms with Crippen LogP contribution in [0.3, 0.4) is 0 Å². The predicted molar refractivity (Wildman–Crippen MR) is 73.7 cm³/mol. The van der Waals surface area contributed by atoms with Crippen molar-refractivity contribution in [1.29, 1.82) is 0 Å². The monoisotopic (exact) mass is 222 g/mol. The fraction of sp³-hybridized carbons (Fsp3) is 0.875. The van der Waals surface area contributed by atoms with Crippen LogP contribution in [-0.4, -0.2) is 0 Å². The molecule has 0 spiro atoms. The van der Waals surface area contributed by atoms with Crippen LogP contribution in [0.25, 0.3) is 0 Å². The first-order valence-electron chi connectivity index (χ1n) is 7.60. The first-order chi connectivity index (χ1) is 7.93. The van der Waals surface area contributed by atoms with Crippen LogP contribution in [0.1, 0.15) is 84.0 Å². The van der Waals surface area contributed by atoms with E-state index in [1.165, 1.54) is 77.0 Å². The zero-order chi connectivity index (χ0) is 11.5. The van der Waals surface area contributed by atoms with Crippen molar-refractivity contribution in [2.24, 2.45) is 5.92 Å². The highest BCUT2D eigenvalue weighted by atomic mass is 14.1. The van der Waals surface area contributed by atoms with E-state index in [9.17, 15) is 0 Å². The molecule has 0 bridgehead atoms. The maximum Gasteiger partial charge on any atom is -0.0234 e. The Morgan fingerprint density at radius 1 is 0.875 bits per heavy atom. The lowest BCUT2D eigenvalue weighted by Crippen LogP contribution is -2.02. The molecule has 0 radical (unpaired) electrons. The fourth-order valence-electron chi connectivity index (χ4n) is 2.66. The maximum absolute atomic E-state index is 2.51.